The number of carboxylic acid groups (broad SMARTS) is 1. The van der Waals surface area contributed by atoms with Crippen molar-refractivity contribution < 1.29 is 19.4 Å². The van der Waals surface area contributed by atoms with E-state index in [1.807, 2.05) is 0 Å². The van der Waals surface area contributed by atoms with Gasteiger partial charge >= 0.3 is 5.97 Å². The van der Waals surface area contributed by atoms with Gasteiger partial charge in [-0.25, -0.2) is 4.98 Å². The third-order valence-electron chi connectivity index (χ3n) is 4.11. The number of hydrogen-bond acceptors (Lipinski definition) is 5. The van der Waals surface area contributed by atoms with Gasteiger partial charge in [-0.1, -0.05) is 6.42 Å². The summed E-state index contributed by atoms with van der Waals surface area (Å²) in [7, 11) is 0. The summed E-state index contributed by atoms with van der Waals surface area (Å²) in [4.78, 5) is 27.7. The van der Waals surface area contributed by atoms with E-state index in [0.717, 1.165) is 30.9 Å². The average molecular weight is 310 g/mol. The van der Waals surface area contributed by atoms with Crippen molar-refractivity contribution >= 4 is 23.2 Å². The second-order valence-corrected chi connectivity index (χ2v) is 6.42. The summed E-state index contributed by atoms with van der Waals surface area (Å²) < 4.78 is 5.55. The number of carbonyl (C=O) groups excluding carboxylic acids is 1. The molecule has 2 N–H and O–H groups in total. The molecule has 1 aromatic rings. The minimum Gasteiger partial charge on any atom is -0.481 e. The van der Waals surface area contributed by atoms with Crippen LogP contribution in [0.2, 0.25) is 0 Å². The lowest BCUT2D eigenvalue weighted by Gasteiger charge is -2.16. The van der Waals surface area contributed by atoms with Crippen molar-refractivity contribution in [3.63, 3.8) is 0 Å². The summed E-state index contributed by atoms with van der Waals surface area (Å²) in [5.74, 6) is -1.60. The lowest BCUT2D eigenvalue weighted by Crippen LogP contribution is -2.40. The summed E-state index contributed by atoms with van der Waals surface area (Å²) in [6.45, 7) is 0.744. The maximum Gasteiger partial charge on any atom is 0.308 e. The lowest BCUT2D eigenvalue weighted by molar-refractivity contribution is -0.142. The Kier molecular flexibility index (Phi) is 4.21. The van der Waals surface area contributed by atoms with Crippen LogP contribution in [-0.2, 0) is 9.53 Å². The molecular formula is C14H18N2O4S. The van der Waals surface area contributed by atoms with Gasteiger partial charge in [0.2, 0.25) is 0 Å². The Bertz CT molecular complexity index is 539. The van der Waals surface area contributed by atoms with Crippen LogP contribution in [-0.4, -0.2) is 34.6 Å². The number of amides is 1. The van der Waals surface area contributed by atoms with Crippen LogP contribution < -0.4 is 5.32 Å². The van der Waals surface area contributed by atoms with Gasteiger partial charge in [0.15, 0.2) is 0 Å². The van der Waals surface area contributed by atoms with Crippen LogP contribution in [0.1, 0.15) is 53.7 Å². The van der Waals surface area contributed by atoms with Crippen molar-refractivity contribution in [1.29, 1.82) is 0 Å². The smallest absolute Gasteiger partial charge is 0.308 e. The van der Waals surface area contributed by atoms with E-state index < -0.39 is 11.9 Å². The Hall–Kier alpha value is -1.47. The highest BCUT2D eigenvalue weighted by Gasteiger charge is 2.34. The first-order valence-electron chi connectivity index (χ1n) is 7.26. The van der Waals surface area contributed by atoms with Gasteiger partial charge in [0.1, 0.15) is 16.8 Å². The molecule has 0 radical (unpaired) electrons. The first kappa shape index (κ1) is 14.5. The van der Waals surface area contributed by atoms with Gasteiger partial charge in [-0.2, -0.15) is 0 Å². The van der Waals surface area contributed by atoms with E-state index in [-0.39, 0.29) is 18.1 Å². The maximum absolute atomic E-state index is 12.2. The first-order valence-corrected chi connectivity index (χ1v) is 8.14. The predicted molar refractivity (Wildman–Crippen MR) is 76.3 cm³/mol. The fourth-order valence-electron chi connectivity index (χ4n) is 2.98. The number of nitrogens with one attached hydrogen (secondary N) is 1. The molecule has 3 rings (SSSR count). The molecule has 1 aliphatic carbocycles. The highest BCUT2D eigenvalue weighted by molar-refractivity contribution is 7.09. The number of carboxylic acids is 1. The minimum atomic E-state index is -0.837. The van der Waals surface area contributed by atoms with Gasteiger partial charge in [0.05, 0.1) is 5.92 Å². The Morgan fingerprint density at radius 1 is 1.33 bits per heavy atom. The molecule has 7 heteroatoms. The van der Waals surface area contributed by atoms with Crippen molar-refractivity contribution in [3.05, 3.63) is 16.1 Å². The fourth-order valence-corrected chi connectivity index (χ4v) is 3.86. The Labute approximate surface area is 126 Å². The molecule has 2 heterocycles. The van der Waals surface area contributed by atoms with Crippen LogP contribution in [0.4, 0.5) is 0 Å². The van der Waals surface area contributed by atoms with Gasteiger partial charge in [-0.15, -0.1) is 11.3 Å². The maximum atomic E-state index is 12.2. The van der Waals surface area contributed by atoms with Crippen molar-refractivity contribution in [1.82, 2.24) is 10.3 Å². The Morgan fingerprint density at radius 2 is 2.19 bits per heavy atom. The number of aliphatic carboxylic acids is 1. The molecule has 0 bridgehead atoms. The molecule has 3 atom stereocenters. The Balaban J connectivity index is 1.64. The molecule has 0 spiro atoms. The second-order valence-electron chi connectivity index (χ2n) is 5.53. The van der Waals surface area contributed by atoms with Crippen LogP contribution >= 0.6 is 11.3 Å². The van der Waals surface area contributed by atoms with E-state index in [9.17, 15) is 9.59 Å². The molecule has 1 saturated carbocycles. The molecule has 21 heavy (non-hydrogen) atoms. The van der Waals surface area contributed by atoms with E-state index in [1.54, 1.807) is 5.38 Å². The predicted octanol–water partition coefficient (Wildman–Crippen LogP) is 1.98. The number of hydrogen-bond donors (Lipinski definition) is 2. The molecule has 2 fully saturated rings. The second kappa shape index (κ2) is 6.11. The molecule has 2 aliphatic rings. The van der Waals surface area contributed by atoms with Crippen molar-refractivity contribution in [2.75, 3.05) is 6.61 Å². The highest BCUT2D eigenvalue weighted by atomic mass is 32.1. The van der Waals surface area contributed by atoms with Crippen LogP contribution in [0.15, 0.2) is 5.38 Å². The lowest BCUT2D eigenvalue weighted by atomic mass is 10.0. The monoisotopic (exact) mass is 310 g/mol. The van der Waals surface area contributed by atoms with E-state index in [0.29, 0.717) is 18.5 Å². The highest BCUT2D eigenvalue weighted by Crippen LogP contribution is 2.31. The largest absolute Gasteiger partial charge is 0.481 e. The number of rotatable bonds is 4. The molecule has 114 valence electrons. The third kappa shape index (κ3) is 3.08. The third-order valence-corrected chi connectivity index (χ3v) is 5.05. The molecule has 0 unspecified atom stereocenters. The van der Waals surface area contributed by atoms with E-state index in [2.05, 4.69) is 10.3 Å². The summed E-state index contributed by atoms with van der Waals surface area (Å²) in [5, 5.41) is 14.5. The van der Waals surface area contributed by atoms with Crippen molar-refractivity contribution in [2.24, 2.45) is 5.92 Å². The summed E-state index contributed by atoms with van der Waals surface area (Å²) >= 11 is 1.43. The van der Waals surface area contributed by atoms with Crippen molar-refractivity contribution in [3.8, 4) is 0 Å². The molecule has 0 aromatic carbocycles. The summed E-state index contributed by atoms with van der Waals surface area (Å²) in [6, 6.07) is -0.289. The quantitative estimate of drug-likeness (QED) is 0.887. The normalized spacial score (nSPS) is 28.7. The Morgan fingerprint density at radius 3 is 2.90 bits per heavy atom. The summed E-state index contributed by atoms with van der Waals surface area (Å²) in [5.41, 5.74) is 0.363. The van der Waals surface area contributed by atoms with Crippen LogP contribution in [0.25, 0.3) is 0 Å². The zero-order chi connectivity index (χ0) is 14.8. The minimum absolute atomic E-state index is 0.00907. The molecule has 1 aliphatic heterocycles. The fraction of sp³-hybridized carbons (Fsp3) is 0.643. The van der Waals surface area contributed by atoms with E-state index >= 15 is 0 Å². The van der Waals surface area contributed by atoms with E-state index in [4.69, 9.17) is 9.84 Å². The standard InChI is InChI=1S/C14H18N2O4S/c17-12(15-9-4-1-3-8(9)14(18)19)10-7-21-13(16-10)11-5-2-6-20-11/h7-9,11H,1-6H2,(H,15,17)(H,18,19)/t8-,9+,11-/m1/s1. The molecular weight excluding hydrogens is 292 g/mol. The van der Waals surface area contributed by atoms with Crippen molar-refractivity contribution in [2.45, 2.75) is 44.2 Å². The van der Waals surface area contributed by atoms with Gasteiger partial charge in [0.25, 0.3) is 5.91 Å². The van der Waals surface area contributed by atoms with Crippen LogP contribution in [0.3, 0.4) is 0 Å². The molecule has 1 saturated heterocycles. The zero-order valence-electron chi connectivity index (χ0n) is 11.6. The van der Waals surface area contributed by atoms with Crippen LogP contribution in [0, 0.1) is 5.92 Å². The topological polar surface area (TPSA) is 88.5 Å². The van der Waals surface area contributed by atoms with Gasteiger partial charge in [-0.3, -0.25) is 9.59 Å². The van der Waals surface area contributed by atoms with Gasteiger partial charge in [-0.05, 0) is 25.7 Å². The van der Waals surface area contributed by atoms with E-state index in [1.165, 1.54) is 11.3 Å². The SMILES string of the molecule is O=C(N[C@H]1CCC[C@H]1C(=O)O)c1csc([C@H]2CCCO2)n1. The number of thiazole rings is 1. The number of aromatic nitrogens is 1. The first-order chi connectivity index (χ1) is 10.1. The number of ether oxygens (including phenoxy) is 1. The van der Waals surface area contributed by atoms with Gasteiger partial charge < -0.3 is 15.2 Å². The number of nitrogens with zero attached hydrogens (tertiary/aromatic N) is 1. The average Bonchev–Trinajstić information content (AvgIpc) is 3.19. The number of carbonyl (C=O) groups is 2. The molecule has 1 amide bonds. The zero-order valence-corrected chi connectivity index (χ0v) is 12.4. The molecule has 6 nitrogen and oxygen atoms in total. The van der Waals surface area contributed by atoms with Gasteiger partial charge in [0, 0.05) is 18.0 Å². The molecule has 1 aromatic heterocycles. The van der Waals surface area contributed by atoms with Crippen LogP contribution in [0.5, 0.6) is 0 Å². The summed E-state index contributed by atoms with van der Waals surface area (Å²) in [6.07, 6.45) is 4.14.